The molecule has 0 bridgehead atoms. The topological polar surface area (TPSA) is 135 Å². The van der Waals surface area contributed by atoms with Crippen LogP contribution in [0.15, 0.2) is 53.4 Å². The highest BCUT2D eigenvalue weighted by molar-refractivity contribution is 7.93. The fourth-order valence-electron chi connectivity index (χ4n) is 6.47. The molecule has 2 heterocycles. The van der Waals surface area contributed by atoms with E-state index in [1.54, 1.807) is 37.2 Å². The van der Waals surface area contributed by atoms with Gasteiger partial charge in [-0.05, 0) is 55.8 Å². The Morgan fingerprint density at radius 3 is 2.20 bits per heavy atom. The molecule has 14 heteroatoms. The second-order valence-electron chi connectivity index (χ2n) is 11.3. The summed E-state index contributed by atoms with van der Waals surface area (Å²) in [5.41, 5.74) is -0.756. The molecule has 1 unspecified atom stereocenters. The van der Waals surface area contributed by atoms with Gasteiger partial charge in [-0.15, -0.1) is 0 Å². The Kier molecular flexibility index (Phi) is 8.90. The van der Waals surface area contributed by atoms with Gasteiger partial charge < -0.3 is 29.0 Å². The number of sulfonamides is 1. The van der Waals surface area contributed by atoms with Crippen molar-refractivity contribution in [1.82, 2.24) is 9.80 Å². The number of β-amino-alcohol motifs (C(OH)–C–C–N with tert-alkyl or cyclic N) is 1. The Hall–Kier alpha value is -4.04. The molecule has 46 heavy (non-hydrogen) atoms. The van der Waals surface area contributed by atoms with Gasteiger partial charge in [0.05, 0.1) is 46.3 Å². The van der Waals surface area contributed by atoms with Crippen molar-refractivity contribution in [2.45, 2.75) is 35.9 Å². The molecule has 1 fully saturated rings. The highest BCUT2D eigenvalue weighted by Crippen LogP contribution is 2.56. The minimum atomic E-state index is -4.77. The molecule has 3 aromatic carbocycles. The molecule has 0 aliphatic carbocycles. The number of nitrogens with zero attached hydrogens (tertiary/aromatic N) is 3. The number of hydrogen-bond donors (Lipinski definition) is 1. The third-order valence-electron chi connectivity index (χ3n) is 8.43. The number of ether oxygens (including phenoxy) is 4. The van der Waals surface area contributed by atoms with Gasteiger partial charge in [0.1, 0.15) is 10.6 Å². The minimum Gasteiger partial charge on any atom is -0.496 e. The average Bonchev–Trinajstić information content (AvgIpc) is 3.54. The molecule has 1 saturated heterocycles. The lowest BCUT2D eigenvalue weighted by atomic mass is 9.80. The molecule has 0 spiro atoms. The first-order chi connectivity index (χ1) is 21.8. The van der Waals surface area contributed by atoms with Crippen molar-refractivity contribution in [2.75, 3.05) is 53.4 Å². The number of likely N-dealkylation sites (N-methyl/N-ethyl adjacent to an activating group) is 1. The van der Waals surface area contributed by atoms with E-state index in [0.29, 0.717) is 4.31 Å². The predicted octanol–water partition coefficient (Wildman–Crippen LogP) is 3.19. The highest BCUT2D eigenvalue weighted by atomic mass is 35.5. The summed E-state index contributed by atoms with van der Waals surface area (Å²) in [6.07, 6.45) is -1.000. The zero-order valence-corrected chi connectivity index (χ0v) is 28.1. The van der Waals surface area contributed by atoms with Crippen molar-refractivity contribution < 1.29 is 42.1 Å². The van der Waals surface area contributed by atoms with E-state index in [1.807, 2.05) is 6.92 Å². The van der Waals surface area contributed by atoms with Gasteiger partial charge in [0.2, 0.25) is 11.7 Å². The fourth-order valence-corrected chi connectivity index (χ4v) is 8.26. The summed E-state index contributed by atoms with van der Waals surface area (Å²) in [6.45, 7) is 1.69. The van der Waals surface area contributed by atoms with E-state index in [4.69, 9.17) is 30.5 Å². The second-order valence-corrected chi connectivity index (χ2v) is 13.5. The van der Waals surface area contributed by atoms with Crippen LogP contribution in [-0.4, -0.2) is 96.4 Å². The van der Waals surface area contributed by atoms with Crippen molar-refractivity contribution >= 4 is 39.1 Å². The number of halogens is 1. The van der Waals surface area contributed by atoms with Crippen LogP contribution < -0.4 is 23.3 Å². The molecule has 0 aromatic heterocycles. The van der Waals surface area contributed by atoms with E-state index in [9.17, 15) is 18.3 Å². The molecule has 0 radical (unpaired) electrons. The summed E-state index contributed by atoms with van der Waals surface area (Å²) in [4.78, 5) is 31.7. The average molecular weight is 674 g/mol. The number of aliphatic hydroxyl groups is 1. The predicted molar refractivity (Wildman–Crippen MR) is 171 cm³/mol. The van der Waals surface area contributed by atoms with Crippen LogP contribution in [0.1, 0.15) is 23.1 Å². The number of carbonyl (C=O) groups is 2. The summed E-state index contributed by atoms with van der Waals surface area (Å²) in [5, 5.41) is 11.2. The number of benzene rings is 3. The maximum Gasteiger partial charge on any atom is 0.274 e. The number of aryl methyl sites for hydroxylation is 1. The largest absolute Gasteiger partial charge is 0.496 e. The first-order valence-corrected chi connectivity index (χ1v) is 16.1. The van der Waals surface area contributed by atoms with Crippen LogP contribution in [0.5, 0.6) is 23.0 Å². The maximum atomic E-state index is 15.4. The Labute approximate surface area is 273 Å². The molecule has 2 amide bonds. The number of anilines is 1. The van der Waals surface area contributed by atoms with Crippen LogP contribution in [0.2, 0.25) is 5.02 Å². The highest BCUT2D eigenvalue weighted by Gasteiger charge is 2.64. The molecule has 12 nitrogen and oxygen atoms in total. The molecule has 2 aliphatic rings. The Morgan fingerprint density at radius 1 is 0.935 bits per heavy atom. The van der Waals surface area contributed by atoms with Gasteiger partial charge in [0.25, 0.3) is 15.9 Å². The van der Waals surface area contributed by atoms with Crippen LogP contribution in [-0.2, 0) is 25.2 Å². The Bertz CT molecular complexity index is 1820. The fraction of sp³-hybridized carbons (Fsp3) is 0.375. The number of aliphatic hydroxyl groups excluding tert-OH is 1. The third kappa shape index (κ3) is 4.93. The molecule has 3 atom stereocenters. The molecular formula is C32H36ClN3O9S. The van der Waals surface area contributed by atoms with E-state index < -0.39 is 33.6 Å². The number of hydrogen-bond acceptors (Lipinski definition) is 10. The SMILES string of the molecule is COc1ccc(C)cc1C1(N2C[C@H](O)C[C@H]2C(=O)N(C)C)C(=O)N(S(=O)(=O)c2ccc(OC)c(OC)c2OC)c2ccc(Cl)cc21. The van der Waals surface area contributed by atoms with Crippen LogP contribution in [0.3, 0.4) is 0 Å². The normalized spacial score (nSPS) is 21.2. The van der Waals surface area contributed by atoms with Crippen LogP contribution in [0.25, 0.3) is 0 Å². The standard InChI is InChI=1S/C32H36ClN3O9S/c1-18-8-11-25(42-4)22(14-18)32(35-17-20(37)16-24(35)30(38)34(2)3)21-15-19(33)9-10-23(21)36(31(32)39)46(40,41)27-13-12-26(43-5)28(44-6)29(27)45-7/h8-15,20,24,37H,16-17H2,1-7H3/t20-,24+,32?/m1/s1. The smallest absolute Gasteiger partial charge is 0.274 e. The molecule has 5 rings (SSSR count). The number of rotatable bonds is 9. The first-order valence-electron chi connectivity index (χ1n) is 14.3. The van der Waals surface area contributed by atoms with E-state index in [-0.39, 0.29) is 68.6 Å². The first kappa shape index (κ1) is 33.3. The van der Waals surface area contributed by atoms with Gasteiger partial charge in [-0.3, -0.25) is 14.5 Å². The number of amides is 2. The van der Waals surface area contributed by atoms with E-state index in [0.717, 1.165) is 5.56 Å². The number of carbonyl (C=O) groups excluding carboxylic acids is 2. The van der Waals surface area contributed by atoms with E-state index in [1.165, 1.54) is 63.7 Å². The Balaban J connectivity index is 1.90. The second kappa shape index (κ2) is 12.3. The zero-order chi connectivity index (χ0) is 33.7. The summed E-state index contributed by atoms with van der Waals surface area (Å²) in [6, 6.07) is 11.3. The summed E-state index contributed by atoms with van der Waals surface area (Å²) >= 11 is 6.57. The van der Waals surface area contributed by atoms with Crippen molar-refractivity contribution in [1.29, 1.82) is 0 Å². The van der Waals surface area contributed by atoms with E-state index >= 15 is 4.79 Å². The van der Waals surface area contributed by atoms with Gasteiger partial charge >= 0.3 is 0 Å². The van der Waals surface area contributed by atoms with Gasteiger partial charge in [0, 0.05) is 36.8 Å². The molecular weight excluding hydrogens is 638 g/mol. The van der Waals surface area contributed by atoms with E-state index in [2.05, 4.69) is 0 Å². The number of fused-ring (bicyclic) bond motifs is 1. The molecule has 1 N–H and O–H groups in total. The van der Waals surface area contributed by atoms with Crippen molar-refractivity contribution in [3.05, 3.63) is 70.2 Å². The number of methoxy groups -OCH3 is 4. The molecule has 2 aliphatic heterocycles. The van der Waals surface area contributed by atoms with Crippen LogP contribution >= 0.6 is 11.6 Å². The lowest BCUT2D eigenvalue weighted by molar-refractivity contribution is -0.138. The monoisotopic (exact) mass is 673 g/mol. The quantitative estimate of drug-likeness (QED) is 0.361. The van der Waals surface area contributed by atoms with Gasteiger partial charge in [-0.25, -0.2) is 12.7 Å². The lowest BCUT2D eigenvalue weighted by Crippen LogP contribution is -2.59. The number of likely N-dealkylation sites (tertiary alicyclic amines) is 1. The Morgan fingerprint density at radius 2 is 1.59 bits per heavy atom. The lowest BCUT2D eigenvalue weighted by Gasteiger charge is -2.42. The van der Waals surface area contributed by atoms with Gasteiger partial charge in [-0.2, -0.15) is 0 Å². The molecule has 0 saturated carbocycles. The maximum absolute atomic E-state index is 15.4. The summed E-state index contributed by atoms with van der Waals surface area (Å²) in [5.74, 6) is -0.968. The minimum absolute atomic E-state index is 0.00627. The van der Waals surface area contributed by atoms with Gasteiger partial charge in [0.15, 0.2) is 17.0 Å². The summed E-state index contributed by atoms with van der Waals surface area (Å²) in [7, 11) is 3.84. The van der Waals surface area contributed by atoms with Crippen molar-refractivity contribution in [3.63, 3.8) is 0 Å². The molecule has 3 aromatic rings. The summed E-state index contributed by atoms with van der Waals surface area (Å²) < 4.78 is 52.4. The van der Waals surface area contributed by atoms with Crippen LogP contribution in [0, 0.1) is 6.92 Å². The van der Waals surface area contributed by atoms with Crippen molar-refractivity contribution in [3.8, 4) is 23.0 Å². The third-order valence-corrected chi connectivity index (χ3v) is 10.4. The van der Waals surface area contributed by atoms with Crippen molar-refractivity contribution in [2.24, 2.45) is 0 Å². The zero-order valence-electron chi connectivity index (χ0n) is 26.5. The van der Waals surface area contributed by atoms with Crippen LogP contribution in [0.4, 0.5) is 5.69 Å². The molecule has 246 valence electrons. The van der Waals surface area contributed by atoms with Gasteiger partial charge in [-0.1, -0.05) is 23.2 Å².